The van der Waals surface area contributed by atoms with Crippen molar-refractivity contribution in [2.24, 2.45) is 0 Å². The van der Waals surface area contributed by atoms with Crippen LogP contribution in [0.4, 0.5) is 0 Å². The number of aliphatic hydroxyl groups is 3. The lowest BCUT2D eigenvalue weighted by Crippen LogP contribution is -2.53. The van der Waals surface area contributed by atoms with Gasteiger partial charge < -0.3 is 20.6 Å². The van der Waals surface area contributed by atoms with Gasteiger partial charge in [-0.3, -0.25) is 0 Å². The Morgan fingerprint density at radius 3 is 1.78 bits per heavy atom. The molecule has 0 amide bonds. The van der Waals surface area contributed by atoms with Crippen LogP contribution in [0, 0.1) is 0 Å². The van der Waals surface area contributed by atoms with Crippen LogP contribution in [-0.4, -0.2) is 46.7 Å². The van der Waals surface area contributed by atoms with Crippen LogP contribution in [0.25, 0.3) is 0 Å². The maximum Gasteiger partial charge on any atom is 0.108 e. The number of piperidine rings is 1. The van der Waals surface area contributed by atoms with E-state index in [1.165, 1.54) is 0 Å². The molecule has 1 heterocycles. The Hall–Kier alpha value is -0.160. The van der Waals surface area contributed by atoms with Crippen LogP contribution in [0.5, 0.6) is 0 Å². The molecule has 0 aromatic rings. The number of hydrogen-bond acceptors (Lipinski definition) is 4. The third-order valence-corrected chi connectivity index (χ3v) is 1.50. The van der Waals surface area contributed by atoms with Crippen molar-refractivity contribution >= 4 is 0 Å². The number of β-amino-alcohol motifs (C(OH)–C–C–N with tert-alkyl or cyclic N) is 2. The predicted octanol–water partition coefficient (Wildman–Crippen LogP) is -2.33. The van der Waals surface area contributed by atoms with Gasteiger partial charge in [-0.25, -0.2) is 0 Å². The van der Waals surface area contributed by atoms with E-state index in [9.17, 15) is 0 Å². The first kappa shape index (κ1) is 6.95. The van der Waals surface area contributed by atoms with Crippen molar-refractivity contribution in [3.63, 3.8) is 0 Å². The molecule has 0 aromatic heterocycles. The third-order valence-electron chi connectivity index (χ3n) is 1.50. The fraction of sp³-hybridized carbons (Fsp3) is 1.00. The second kappa shape index (κ2) is 2.62. The molecular weight excluding hydrogens is 122 g/mol. The highest BCUT2D eigenvalue weighted by atomic mass is 16.4. The van der Waals surface area contributed by atoms with Crippen LogP contribution in [0.1, 0.15) is 0 Å². The lowest BCUT2D eigenvalue weighted by molar-refractivity contribution is -0.0750. The Morgan fingerprint density at radius 2 is 1.44 bits per heavy atom. The SMILES string of the molecule is OC1[C@@H](O)CNC[C@@H]1O. The minimum Gasteiger partial charge on any atom is -0.389 e. The first-order valence-electron chi connectivity index (χ1n) is 2.96. The molecule has 0 unspecified atom stereocenters. The zero-order chi connectivity index (χ0) is 6.85. The first-order valence-corrected chi connectivity index (χ1v) is 2.96. The molecule has 1 aliphatic heterocycles. The summed E-state index contributed by atoms with van der Waals surface area (Å²) >= 11 is 0. The highest BCUT2D eigenvalue weighted by molar-refractivity contribution is 4.83. The second-order valence-corrected chi connectivity index (χ2v) is 2.28. The van der Waals surface area contributed by atoms with Crippen LogP contribution < -0.4 is 5.32 Å². The lowest BCUT2D eigenvalue weighted by atomic mass is 10.0. The van der Waals surface area contributed by atoms with E-state index < -0.39 is 18.3 Å². The van der Waals surface area contributed by atoms with Gasteiger partial charge in [-0.15, -0.1) is 0 Å². The second-order valence-electron chi connectivity index (χ2n) is 2.28. The minimum atomic E-state index is -0.980. The van der Waals surface area contributed by atoms with Gasteiger partial charge in [-0.2, -0.15) is 0 Å². The molecule has 0 saturated carbocycles. The van der Waals surface area contributed by atoms with Gasteiger partial charge in [0.15, 0.2) is 0 Å². The number of aliphatic hydroxyl groups excluding tert-OH is 3. The van der Waals surface area contributed by atoms with Crippen molar-refractivity contribution in [1.29, 1.82) is 0 Å². The van der Waals surface area contributed by atoms with E-state index in [2.05, 4.69) is 5.32 Å². The van der Waals surface area contributed by atoms with Crippen molar-refractivity contribution in [2.45, 2.75) is 18.3 Å². The summed E-state index contributed by atoms with van der Waals surface area (Å²) in [4.78, 5) is 0. The fourth-order valence-electron chi connectivity index (χ4n) is 0.877. The highest BCUT2D eigenvalue weighted by Gasteiger charge is 2.27. The van der Waals surface area contributed by atoms with Gasteiger partial charge in [-0.1, -0.05) is 0 Å². The Bertz CT molecular complexity index is 88.2. The van der Waals surface area contributed by atoms with Crippen molar-refractivity contribution in [1.82, 2.24) is 5.32 Å². The molecule has 0 spiro atoms. The van der Waals surface area contributed by atoms with Crippen LogP contribution in [-0.2, 0) is 0 Å². The van der Waals surface area contributed by atoms with Crippen molar-refractivity contribution in [2.75, 3.05) is 13.1 Å². The van der Waals surface area contributed by atoms with Gasteiger partial charge in [0.25, 0.3) is 0 Å². The van der Waals surface area contributed by atoms with E-state index >= 15 is 0 Å². The Morgan fingerprint density at radius 1 is 1.00 bits per heavy atom. The molecule has 1 aliphatic rings. The molecule has 0 aromatic carbocycles. The summed E-state index contributed by atoms with van der Waals surface area (Å²) in [6.07, 6.45) is -2.63. The zero-order valence-electron chi connectivity index (χ0n) is 4.99. The standard InChI is InChI=1S/C5H11NO3/c7-3-1-6-2-4(8)5(3)9/h3-9H,1-2H2/t3-,4-/m0/s1. The van der Waals surface area contributed by atoms with Gasteiger partial charge in [0.1, 0.15) is 6.10 Å². The van der Waals surface area contributed by atoms with Crippen molar-refractivity contribution in [3.05, 3.63) is 0 Å². The molecular formula is C5H11NO3. The van der Waals surface area contributed by atoms with E-state index in [0.717, 1.165) is 0 Å². The predicted molar refractivity (Wildman–Crippen MR) is 30.9 cm³/mol. The Balaban J connectivity index is 2.41. The van der Waals surface area contributed by atoms with Crippen molar-refractivity contribution < 1.29 is 15.3 Å². The topological polar surface area (TPSA) is 72.7 Å². The summed E-state index contributed by atoms with van der Waals surface area (Å²) in [6.45, 7) is 0.719. The van der Waals surface area contributed by atoms with E-state index in [4.69, 9.17) is 15.3 Å². The number of hydrogen-bond donors (Lipinski definition) is 4. The average Bonchev–Trinajstić information content (AvgIpc) is 1.83. The van der Waals surface area contributed by atoms with E-state index in [-0.39, 0.29) is 0 Å². The van der Waals surface area contributed by atoms with Crippen LogP contribution in [0.3, 0.4) is 0 Å². The largest absolute Gasteiger partial charge is 0.389 e. The highest BCUT2D eigenvalue weighted by Crippen LogP contribution is 2.02. The summed E-state index contributed by atoms with van der Waals surface area (Å²) in [7, 11) is 0. The summed E-state index contributed by atoms with van der Waals surface area (Å²) < 4.78 is 0. The van der Waals surface area contributed by atoms with E-state index in [1.54, 1.807) is 0 Å². The van der Waals surface area contributed by atoms with Crippen LogP contribution in [0.2, 0.25) is 0 Å². The normalized spacial score (nSPS) is 39.0. The first-order chi connectivity index (χ1) is 4.22. The summed E-state index contributed by atoms with van der Waals surface area (Å²) in [5.74, 6) is 0. The monoisotopic (exact) mass is 133 g/mol. The molecule has 1 rings (SSSR count). The van der Waals surface area contributed by atoms with Gasteiger partial charge >= 0.3 is 0 Å². The third kappa shape index (κ3) is 1.40. The maximum atomic E-state index is 8.91. The molecule has 0 bridgehead atoms. The van der Waals surface area contributed by atoms with E-state index in [1.807, 2.05) is 0 Å². The average molecular weight is 133 g/mol. The molecule has 0 aliphatic carbocycles. The Kier molecular flexibility index (Phi) is 2.02. The molecule has 4 N–H and O–H groups in total. The summed E-state index contributed by atoms with van der Waals surface area (Å²) in [5, 5.41) is 29.4. The van der Waals surface area contributed by atoms with Crippen LogP contribution >= 0.6 is 0 Å². The minimum absolute atomic E-state index is 0.359. The van der Waals surface area contributed by atoms with Gasteiger partial charge in [0.05, 0.1) is 12.2 Å². The zero-order valence-corrected chi connectivity index (χ0v) is 4.99. The molecule has 2 atom stereocenters. The summed E-state index contributed by atoms with van der Waals surface area (Å²) in [5.41, 5.74) is 0. The maximum absolute atomic E-state index is 8.91. The molecule has 54 valence electrons. The molecule has 9 heavy (non-hydrogen) atoms. The Labute approximate surface area is 53.1 Å². The quantitative estimate of drug-likeness (QED) is 0.299. The molecule has 4 heteroatoms. The molecule has 1 fully saturated rings. The molecule has 0 radical (unpaired) electrons. The van der Waals surface area contributed by atoms with Crippen molar-refractivity contribution in [3.8, 4) is 0 Å². The van der Waals surface area contributed by atoms with E-state index in [0.29, 0.717) is 13.1 Å². The van der Waals surface area contributed by atoms with Crippen LogP contribution in [0.15, 0.2) is 0 Å². The smallest absolute Gasteiger partial charge is 0.108 e. The molecule has 1 saturated heterocycles. The number of nitrogens with one attached hydrogen (secondary N) is 1. The summed E-state index contributed by atoms with van der Waals surface area (Å²) in [6, 6.07) is 0. The lowest BCUT2D eigenvalue weighted by Gasteiger charge is -2.28. The van der Waals surface area contributed by atoms with Gasteiger partial charge in [0, 0.05) is 13.1 Å². The fourth-order valence-corrected chi connectivity index (χ4v) is 0.877. The van der Waals surface area contributed by atoms with Gasteiger partial charge in [0.2, 0.25) is 0 Å². The number of rotatable bonds is 0. The molecule has 4 nitrogen and oxygen atoms in total. The van der Waals surface area contributed by atoms with Gasteiger partial charge in [-0.05, 0) is 0 Å².